The number of likely N-dealkylation sites (tertiary alicyclic amines) is 1. The topological polar surface area (TPSA) is 46.8 Å². The summed E-state index contributed by atoms with van der Waals surface area (Å²) in [5.41, 5.74) is 6.15. The van der Waals surface area contributed by atoms with Gasteiger partial charge in [0.15, 0.2) is 0 Å². The van der Waals surface area contributed by atoms with Crippen LogP contribution in [0, 0.1) is 13.8 Å². The van der Waals surface area contributed by atoms with E-state index in [0.717, 1.165) is 31.0 Å². The average molecular weight is 347 g/mol. The van der Waals surface area contributed by atoms with Crippen LogP contribution in [0.15, 0.2) is 49.2 Å². The van der Waals surface area contributed by atoms with Gasteiger partial charge in [0.05, 0.1) is 11.9 Å². The lowest BCUT2D eigenvalue weighted by molar-refractivity contribution is 0.198. The van der Waals surface area contributed by atoms with Gasteiger partial charge in [-0.15, -0.1) is 0 Å². The number of aromatic nitrogens is 4. The van der Waals surface area contributed by atoms with E-state index in [1.54, 1.807) is 6.33 Å². The van der Waals surface area contributed by atoms with Crippen LogP contribution in [0.3, 0.4) is 0 Å². The number of aryl methyl sites for hydroxylation is 2. The average Bonchev–Trinajstić information content (AvgIpc) is 3.13. The second kappa shape index (κ2) is 7.38. The lowest BCUT2D eigenvalue weighted by atomic mass is 9.94. The molecule has 0 bridgehead atoms. The van der Waals surface area contributed by atoms with E-state index < -0.39 is 0 Å². The summed E-state index contributed by atoms with van der Waals surface area (Å²) in [6.07, 6.45) is 10.0. The second-order valence-corrected chi connectivity index (χ2v) is 7.27. The van der Waals surface area contributed by atoms with Crippen molar-refractivity contribution in [2.45, 2.75) is 39.2 Å². The third-order valence-electron chi connectivity index (χ3n) is 5.33. The van der Waals surface area contributed by atoms with Gasteiger partial charge in [-0.2, -0.15) is 5.10 Å². The fourth-order valence-corrected chi connectivity index (χ4v) is 3.69. The SMILES string of the molecule is Cc1ccc(-n2cc(CN3CCCC(c4ccncn4)C3)cn2)cc1C. The lowest BCUT2D eigenvalue weighted by Gasteiger charge is -2.32. The van der Waals surface area contributed by atoms with Crippen molar-refractivity contribution in [3.63, 3.8) is 0 Å². The first-order valence-corrected chi connectivity index (χ1v) is 9.28. The maximum absolute atomic E-state index is 4.57. The van der Waals surface area contributed by atoms with Gasteiger partial charge in [-0.1, -0.05) is 6.07 Å². The summed E-state index contributed by atoms with van der Waals surface area (Å²) in [7, 11) is 0. The molecule has 1 aliphatic heterocycles. The first-order valence-electron chi connectivity index (χ1n) is 9.28. The standard InChI is InChI=1S/C21H25N5/c1-16-5-6-20(10-17(16)2)26-13-18(11-24-26)12-25-9-3-4-19(14-25)21-7-8-22-15-23-21/h5-8,10-11,13,15,19H,3-4,9,12,14H2,1-2H3. The van der Waals surface area contributed by atoms with Crippen LogP contribution in [0.1, 0.15) is 41.1 Å². The molecule has 26 heavy (non-hydrogen) atoms. The monoisotopic (exact) mass is 347 g/mol. The Morgan fingerprint density at radius 3 is 2.88 bits per heavy atom. The van der Waals surface area contributed by atoms with Crippen LogP contribution in [0.2, 0.25) is 0 Å². The molecule has 5 nitrogen and oxygen atoms in total. The summed E-state index contributed by atoms with van der Waals surface area (Å²) in [5.74, 6) is 0.501. The fraction of sp³-hybridized carbons (Fsp3) is 0.381. The minimum Gasteiger partial charge on any atom is -0.298 e. The molecule has 134 valence electrons. The number of rotatable bonds is 4. The molecule has 5 heteroatoms. The Morgan fingerprint density at radius 2 is 2.08 bits per heavy atom. The Hall–Kier alpha value is -2.53. The minimum absolute atomic E-state index is 0.501. The molecule has 0 amide bonds. The van der Waals surface area contributed by atoms with E-state index in [9.17, 15) is 0 Å². The Balaban J connectivity index is 1.44. The van der Waals surface area contributed by atoms with Gasteiger partial charge >= 0.3 is 0 Å². The van der Waals surface area contributed by atoms with Gasteiger partial charge in [0, 0.05) is 42.7 Å². The van der Waals surface area contributed by atoms with E-state index in [1.165, 1.54) is 29.5 Å². The summed E-state index contributed by atoms with van der Waals surface area (Å²) in [6.45, 7) is 7.40. The van der Waals surface area contributed by atoms with Gasteiger partial charge in [0.1, 0.15) is 6.33 Å². The van der Waals surface area contributed by atoms with Crippen LogP contribution < -0.4 is 0 Å². The van der Waals surface area contributed by atoms with Crippen molar-refractivity contribution < 1.29 is 0 Å². The molecule has 0 radical (unpaired) electrons. The van der Waals surface area contributed by atoms with Crippen molar-refractivity contribution in [2.75, 3.05) is 13.1 Å². The van der Waals surface area contributed by atoms with Gasteiger partial charge in [-0.3, -0.25) is 4.90 Å². The first kappa shape index (κ1) is 16.9. The van der Waals surface area contributed by atoms with E-state index in [1.807, 2.05) is 23.1 Å². The van der Waals surface area contributed by atoms with Crippen molar-refractivity contribution in [2.24, 2.45) is 0 Å². The molecule has 1 atom stereocenters. The Kier molecular flexibility index (Phi) is 4.80. The zero-order valence-electron chi connectivity index (χ0n) is 15.5. The van der Waals surface area contributed by atoms with Gasteiger partial charge in [0.2, 0.25) is 0 Å². The fourth-order valence-electron chi connectivity index (χ4n) is 3.69. The molecule has 1 saturated heterocycles. The molecule has 3 heterocycles. The quantitative estimate of drug-likeness (QED) is 0.723. The van der Waals surface area contributed by atoms with Crippen LogP contribution in [-0.4, -0.2) is 37.7 Å². The molecule has 3 aromatic rings. The maximum Gasteiger partial charge on any atom is 0.115 e. The smallest absolute Gasteiger partial charge is 0.115 e. The number of benzene rings is 1. The zero-order valence-corrected chi connectivity index (χ0v) is 15.5. The third-order valence-corrected chi connectivity index (χ3v) is 5.33. The molecule has 1 unspecified atom stereocenters. The summed E-state index contributed by atoms with van der Waals surface area (Å²) in [6, 6.07) is 8.53. The highest BCUT2D eigenvalue weighted by Crippen LogP contribution is 2.26. The number of piperidine rings is 1. The van der Waals surface area contributed by atoms with Crippen molar-refractivity contribution in [1.82, 2.24) is 24.6 Å². The van der Waals surface area contributed by atoms with Crippen molar-refractivity contribution in [3.8, 4) is 5.69 Å². The molecule has 2 aromatic heterocycles. The van der Waals surface area contributed by atoms with Crippen molar-refractivity contribution >= 4 is 0 Å². The molecule has 0 N–H and O–H groups in total. The molecule has 0 saturated carbocycles. The molecule has 0 aliphatic carbocycles. The lowest BCUT2D eigenvalue weighted by Crippen LogP contribution is -2.34. The maximum atomic E-state index is 4.57. The minimum atomic E-state index is 0.501. The van der Waals surface area contributed by atoms with Gasteiger partial charge in [-0.25, -0.2) is 14.6 Å². The summed E-state index contributed by atoms with van der Waals surface area (Å²) < 4.78 is 1.98. The van der Waals surface area contributed by atoms with Crippen molar-refractivity contribution in [3.05, 3.63) is 71.6 Å². The Bertz CT molecular complexity index is 871. The molecular weight excluding hydrogens is 322 g/mol. The molecule has 1 aliphatic rings. The normalized spacial score (nSPS) is 18.2. The molecule has 1 aromatic carbocycles. The van der Waals surface area contributed by atoms with Gasteiger partial charge < -0.3 is 0 Å². The van der Waals surface area contributed by atoms with Crippen molar-refractivity contribution in [1.29, 1.82) is 0 Å². The van der Waals surface area contributed by atoms with Gasteiger partial charge in [0.25, 0.3) is 0 Å². The molecule has 1 fully saturated rings. The van der Waals surface area contributed by atoms with E-state index in [0.29, 0.717) is 5.92 Å². The number of nitrogens with zero attached hydrogens (tertiary/aromatic N) is 5. The van der Waals surface area contributed by atoms with Crippen LogP contribution in [0.4, 0.5) is 0 Å². The van der Waals surface area contributed by atoms with E-state index in [4.69, 9.17) is 0 Å². The largest absolute Gasteiger partial charge is 0.298 e. The predicted molar refractivity (Wildman–Crippen MR) is 102 cm³/mol. The molecule has 0 spiro atoms. The summed E-state index contributed by atoms with van der Waals surface area (Å²) in [4.78, 5) is 11.0. The first-order chi connectivity index (χ1) is 12.7. The zero-order chi connectivity index (χ0) is 17.9. The highest BCUT2D eigenvalue weighted by molar-refractivity contribution is 5.39. The number of hydrogen-bond acceptors (Lipinski definition) is 4. The third kappa shape index (κ3) is 3.68. The Labute approximate surface area is 154 Å². The summed E-state index contributed by atoms with van der Waals surface area (Å²) in [5, 5.41) is 4.57. The number of hydrogen-bond donors (Lipinski definition) is 0. The van der Waals surface area contributed by atoms with Crippen LogP contribution in [0.5, 0.6) is 0 Å². The predicted octanol–water partition coefficient (Wildman–Crippen LogP) is 3.66. The van der Waals surface area contributed by atoms with E-state index in [2.05, 4.69) is 58.2 Å². The van der Waals surface area contributed by atoms with Crippen LogP contribution in [0.25, 0.3) is 5.69 Å². The highest BCUT2D eigenvalue weighted by atomic mass is 15.3. The van der Waals surface area contributed by atoms with E-state index in [-0.39, 0.29) is 0 Å². The second-order valence-electron chi connectivity index (χ2n) is 7.27. The molecular formula is C21H25N5. The molecule has 4 rings (SSSR count). The van der Waals surface area contributed by atoms with Crippen LogP contribution >= 0.6 is 0 Å². The van der Waals surface area contributed by atoms with Gasteiger partial charge in [-0.05, 0) is 62.6 Å². The summed E-state index contributed by atoms with van der Waals surface area (Å²) >= 11 is 0. The van der Waals surface area contributed by atoms with E-state index >= 15 is 0 Å². The van der Waals surface area contributed by atoms with Crippen LogP contribution in [-0.2, 0) is 6.54 Å². The highest BCUT2D eigenvalue weighted by Gasteiger charge is 2.22. The Morgan fingerprint density at radius 1 is 1.15 bits per heavy atom.